The molecule has 0 aliphatic carbocycles. The zero-order valence-electron chi connectivity index (χ0n) is 14.4. The molecule has 1 aliphatic rings. The minimum atomic E-state index is -0.646. The fourth-order valence-electron chi connectivity index (χ4n) is 3.19. The van der Waals surface area contributed by atoms with E-state index in [2.05, 4.69) is 17.3 Å². The van der Waals surface area contributed by atoms with Crippen molar-refractivity contribution in [3.05, 3.63) is 39.7 Å². The van der Waals surface area contributed by atoms with E-state index in [0.29, 0.717) is 29.9 Å². The number of fused-ring (bicyclic) bond motifs is 1. The number of hydrogen-bond acceptors (Lipinski definition) is 6. The average Bonchev–Trinajstić information content (AvgIpc) is 2.53. The number of benzene rings is 1. The zero-order valence-corrected chi connectivity index (χ0v) is 15.2. The molecule has 1 aliphatic heterocycles. The van der Waals surface area contributed by atoms with Gasteiger partial charge >= 0.3 is 5.63 Å². The van der Waals surface area contributed by atoms with Gasteiger partial charge in [0.15, 0.2) is 5.78 Å². The summed E-state index contributed by atoms with van der Waals surface area (Å²) in [6, 6.07) is 4.86. The van der Waals surface area contributed by atoms with Crippen molar-refractivity contribution >= 4 is 29.2 Å². The van der Waals surface area contributed by atoms with E-state index in [-0.39, 0.29) is 29.5 Å². The van der Waals surface area contributed by atoms with E-state index >= 15 is 0 Å². The van der Waals surface area contributed by atoms with Crippen LogP contribution in [0, 0.1) is 6.92 Å². The minimum Gasteiger partial charge on any atom is -0.508 e. The molecule has 0 bridgehead atoms. The maximum absolute atomic E-state index is 12.5. The summed E-state index contributed by atoms with van der Waals surface area (Å²) < 4.78 is 5.23. The Hall–Kier alpha value is -1.89. The number of aryl methyl sites for hydroxylation is 1. The smallest absolute Gasteiger partial charge is 0.347 e. The van der Waals surface area contributed by atoms with Gasteiger partial charge in [0.1, 0.15) is 16.9 Å². The van der Waals surface area contributed by atoms with Gasteiger partial charge in [-0.2, -0.15) is 0 Å². The van der Waals surface area contributed by atoms with Crippen LogP contribution < -0.4 is 10.9 Å². The number of Topliss-reactive ketones (excluding diaryl/α,β-unsaturated/α-hetero) is 1. The Labute approximate surface area is 152 Å². The largest absolute Gasteiger partial charge is 0.508 e. The normalized spacial score (nSPS) is 18.1. The Morgan fingerprint density at radius 2 is 2.16 bits per heavy atom. The molecule has 2 aromatic rings. The second-order valence-electron chi connectivity index (χ2n) is 6.42. The van der Waals surface area contributed by atoms with Gasteiger partial charge in [0, 0.05) is 43.5 Å². The SMILES string of the molecule is Cc1cc(O)cc2oc(=O)c(C(=O)CCC3CNCCN3C)cc12.Cl. The van der Waals surface area contributed by atoms with Crippen molar-refractivity contribution in [1.82, 2.24) is 10.2 Å². The Morgan fingerprint density at radius 3 is 2.88 bits per heavy atom. The van der Waals surface area contributed by atoms with Gasteiger partial charge in [-0.05, 0) is 38.1 Å². The number of aromatic hydroxyl groups is 1. The maximum Gasteiger partial charge on any atom is 0.347 e. The summed E-state index contributed by atoms with van der Waals surface area (Å²) in [7, 11) is 2.05. The van der Waals surface area contributed by atoms with Crippen LogP contribution in [0.1, 0.15) is 28.8 Å². The van der Waals surface area contributed by atoms with Crippen LogP contribution in [0.15, 0.2) is 27.4 Å². The number of carbonyl (C=O) groups is 1. The van der Waals surface area contributed by atoms with Gasteiger partial charge in [0.05, 0.1) is 0 Å². The number of hydrogen-bond donors (Lipinski definition) is 2. The predicted molar refractivity (Wildman–Crippen MR) is 99.0 cm³/mol. The highest BCUT2D eigenvalue weighted by Gasteiger charge is 2.21. The molecule has 7 heteroatoms. The maximum atomic E-state index is 12.5. The van der Waals surface area contributed by atoms with Crippen LogP contribution in [-0.2, 0) is 0 Å². The van der Waals surface area contributed by atoms with E-state index < -0.39 is 5.63 Å². The van der Waals surface area contributed by atoms with Gasteiger partial charge in [-0.3, -0.25) is 4.79 Å². The van der Waals surface area contributed by atoms with Gasteiger partial charge in [-0.1, -0.05) is 0 Å². The molecule has 0 saturated carbocycles. The molecule has 2 N–H and O–H groups in total. The third-order valence-corrected chi connectivity index (χ3v) is 4.69. The van der Waals surface area contributed by atoms with Crippen molar-refractivity contribution in [2.45, 2.75) is 25.8 Å². The molecule has 0 amide bonds. The third-order valence-electron chi connectivity index (χ3n) is 4.69. The lowest BCUT2D eigenvalue weighted by Gasteiger charge is -2.32. The van der Waals surface area contributed by atoms with E-state index in [4.69, 9.17) is 4.42 Å². The van der Waals surface area contributed by atoms with Gasteiger partial charge in [-0.15, -0.1) is 12.4 Å². The van der Waals surface area contributed by atoms with Crippen molar-refractivity contribution in [3.63, 3.8) is 0 Å². The highest BCUT2D eigenvalue weighted by molar-refractivity contribution is 5.98. The Morgan fingerprint density at radius 1 is 1.40 bits per heavy atom. The lowest BCUT2D eigenvalue weighted by Crippen LogP contribution is -2.49. The number of phenolic OH excluding ortho intramolecular Hbond substituents is 1. The fourth-order valence-corrected chi connectivity index (χ4v) is 3.19. The first-order valence-corrected chi connectivity index (χ1v) is 8.17. The van der Waals surface area contributed by atoms with Crippen LogP contribution >= 0.6 is 12.4 Å². The number of likely N-dealkylation sites (N-methyl/N-ethyl adjacent to an activating group) is 1. The van der Waals surface area contributed by atoms with Gasteiger partial charge in [0.2, 0.25) is 0 Å². The van der Waals surface area contributed by atoms with Crippen LogP contribution in [0.25, 0.3) is 11.0 Å². The van der Waals surface area contributed by atoms with E-state index in [1.165, 1.54) is 6.07 Å². The molecule has 25 heavy (non-hydrogen) atoms. The molecule has 1 aromatic carbocycles. The molecule has 1 aromatic heterocycles. The summed E-state index contributed by atoms with van der Waals surface area (Å²) >= 11 is 0. The summed E-state index contributed by atoms with van der Waals surface area (Å²) in [5.74, 6) is -0.160. The van der Waals surface area contributed by atoms with E-state index in [1.54, 1.807) is 19.1 Å². The average molecular weight is 367 g/mol. The quantitative estimate of drug-likeness (QED) is 0.637. The van der Waals surface area contributed by atoms with Crippen LogP contribution in [-0.4, -0.2) is 48.5 Å². The molecule has 6 nitrogen and oxygen atoms in total. The molecule has 1 unspecified atom stereocenters. The summed E-state index contributed by atoms with van der Waals surface area (Å²) in [5.41, 5.74) is 0.500. The number of piperazine rings is 1. The highest BCUT2D eigenvalue weighted by atomic mass is 35.5. The standard InChI is InChI=1S/C18H22N2O4.ClH/c1-11-7-13(21)8-17-14(11)9-15(18(23)24-17)16(22)4-3-12-10-19-5-6-20(12)2;/h7-9,12,19,21H,3-6,10H2,1-2H3;1H. The molecule has 0 radical (unpaired) electrons. The highest BCUT2D eigenvalue weighted by Crippen LogP contribution is 2.24. The molecule has 1 saturated heterocycles. The second kappa shape index (κ2) is 7.99. The van der Waals surface area contributed by atoms with Crippen LogP contribution in [0.4, 0.5) is 0 Å². The topological polar surface area (TPSA) is 82.8 Å². The lowest BCUT2D eigenvalue weighted by atomic mass is 10.0. The number of carbonyl (C=O) groups excluding carboxylic acids is 1. The molecule has 136 valence electrons. The van der Waals surface area contributed by atoms with Crippen molar-refractivity contribution in [2.75, 3.05) is 26.7 Å². The number of halogens is 1. The Balaban J connectivity index is 0.00000225. The summed E-state index contributed by atoms with van der Waals surface area (Å²) in [6.07, 6.45) is 1.01. The molecule has 1 atom stereocenters. The molecule has 1 fully saturated rings. The number of nitrogens with zero attached hydrogens (tertiary/aromatic N) is 1. The van der Waals surface area contributed by atoms with Gasteiger partial charge < -0.3 is 19.7 Å². The lowest BCUT2D eigenvalue weighted by molar-refractivity contribution is 0.0955. The predicted octanol–water partition coefficient (Wildman–Crippen LogP) is 2.10. The second-order valence-corrected chi connectivity index (χ2v) is 6.42. The number of nitrogens with one attached hydrogen (secondary N) is 1. The monoisotopic (exact) mass is 366 g/mol. The van der Waals surface area contributed by atoms with Crippen LogP contribution in [0.3, 0.4) is 0 Å². The summed E-state index contributed by atoms with van der Waals surface area (Å²) in [6.45, 7) is 4.58. The molecule has 3 rings (SSSR count). The zero-order chi connectivity index (χ0) is 17.3. The first kappa shape index (κ1) is 19.4. The van der Waals surface area contributed by atoms with E-state index in [9.17, 15) is 14.7 Å². The van der Waals surface area contributed by atoms with E-state index in [0.717, 1.165) is 25.2 Å². The molecular weight excluding hydrogens is 344 g/mol. The summed E-state index contributed by atoms with van der Waals surface area (Å²) in [5, 5.41) is 13.6. The van der Waals surface area contributed by atoms with Crippen molar-refractivity contribution in [1.29, 1.82) is 0 Å². The molecule has 2 heterocycles. The Kier molecular flexibility index (Phi) is 6.21. The van der Waals surface area contributed by atoms with Crippen molar-refractivity contribution in [3.8, 4) is 5.75 Å². The number of rotatable bonds is 4. The first-order valence-electron chi connectivity index (χ1n) is 8.17. The van der Waals surface area contributed by atoms with E-state index in [1.807, 2.05) is 0 Å². The number of ketones is 1. The van der Waals surface area contributed by atoms with Crippen LogP contribution in [0.2, 0.25) is 0 Å². The van der Waals surface area contributed by atoms with Crippen molar-refractivity contribution in [2.24, 2.45) is 0 Å². The summed E-state index contributed by atoms with van der Waals surface area (Å²) in [4.78, 5) is 26.8. The number of phenols is 1. The molecular formula is C18H23ClN2O4. The van der Waals surface area contributed by atoms with Gasteiger partial charge in [0.25, 0.3) is 0 Å². The minimum absolute atomic E-state index is 0. The van der Waals surface area contributed by atoms with Crippen LogP contribution in [0.5, 0.6) is 5.75 Å². The first-order chi connectivity index (χ1) is 11.5. The fraction of sp³-hybridized carbons (Fsp3) is 0.444. The van der Waals surface area contributed by atoms with Gasteiger partial charge in [-0.25, -0.2) is 4.79 Å². The Bertz CT molecular complexity index is 834. The third kappa shape index (κ3) is 4.21. The molecule has 0 spiro atoms. The van der Waals surface area contributed by atoms with Crippen molar-refractivity contribution < 1.29 is 14.3 Å².